The SMILES string of the molecule is CC(C)CCc1ccc(-c2ccc(C3=CC=C(Cl)C(=N)/C3=N\S)s2)c(F)c1. The standard InChI is InChI=1S/C21H20ClFN2S2/c1-12(2)3-4-13-5-6-14(17(23)11-13)18-9-10-19(27-18)15-7-8-16(22)20(24)21(15)25-26/h5-12,24,26H,3-4H2,1-2H3/b24-20?,25-21-. The first-order valence-corrected chi connectivity index (χ1v) is 10.3. The lowest BCUT2D eigenvalue weighted by molar-refractivity contribution is 0.582. The fourth-order valence-electron chi connectivity index (χ4n) is 2.87. The third-order valence-corrected chi connectivity index (χ3v) is 6.07. The first-order valence-electron chi connectivity index (χ1n) is 8.69. The molecule has 140 valence electrons. The number of halogens is 2. The molecule has 0 unspecified atom stereocenters. The Kier molecular flexibility index (Phi) is 6.35. The molecule has 27 heavy (non-hydrogen) atoms. The maximum absolute atomic E-state index is 14.7. The summed E-state index contributed by atoms with van der Waals surface area (Å²) in [6, 6.07) is 9.29. The number of benzene rings is 1. The second-order valence-electron chi connectivity index (χ2n) is 6.83. The van der Waals surface area contributed by atoms with Crippen LogP contribution in [0.4, 0.5) is 4.39 Å². The van der Waals surface area contributed by atoms with Crippen LogP contribution >= 0.6 is 35.8 Å². The summed E-state index contributed by atoms with van der Waals surface area (Å²) in [5.41, 5.74) is 2.94. The molecule has 2 nitrogen and oxygen atoms in total. The van der Waals surface area contributed by atoms with Crippen molar-refractivity contribution in [3.05, 3.63) is 63.8 Å². The molecule has 3 rings (SSSR count). The zero-order valence-corrected chi connectivity index (χ0v) is 17.6. The number of nitrogens with zero attached hydrogens (tertiary/aromatic N) is 1. The summed E-state index contributed by atoms with van der Waals surface area (Å²) in [5, 5.41) is 8.38. The Balaban J connectivity index is 1.89. The smallest absolute Gasteiger partial charge is 0.132 e. The zero-order valence-electron chi connectivity index (χ0n) is 15.1. The van der Waals surface area contributed by atoms with Crippen LogP contribution in [0.15, 0.2) is 51.9 Å². The van der Waals surface area contributed by atoms with Crippen LogP contribution in [0.2, 0.25) is 0 Å². The number of nitrogens with one attached hydrogen (secondary N) is 1. The van der Waals surface area contributed by atoms with Gasteiger partial charge in [0.25, 0.3) is 0 Å². The number of thiol groups is 1. The summed E-state index contributed by atoms with van der Waals surface area (Å²) < 4.78 is 18.6. The van der Waals surface area contributed by atoms with Gasteiger partial charge in [0, 0.05) is 20.9 Å². The van der Waals surface area contributed by atoms with E-state index in [2.05, 4.69) is 31.1 Å². The molecule has 0 bridgehead atoms. The third kappa shape index (κ3) is 4.42. The van der Waals surface area contributed by atoms with Crippen LogP contribution in [0.3, 0.4) is 0 Å². The van der Waals surface area contributed by atoms with E-state index in [0.717, 1.165) is 33.7 Å². The number of aryl methyl sites for hydroxylation is 1. The fraction of sp³-hybridized carbons (Fsp3) is 0.238. The molecule has 1 N–H and O–H groups in total. The first kappa shape index (κ1) is 20.1. The molecule has 0 fully saturated rings. The highest BCUT2D eigenvalue weighted by atomic mass is 35.5. The van der Waals surface area contributed by atoms with Gasteiger partial charge in [-0.1, -0.05) is 37.6 Å². The average Bonchev–Trinajstić information content (AvgIpc) is 3.11. The van der Waals surface area contributed by atoms with Crippen LogP contribution < -0.4 is 0 Å². The van der Waals surface area contributed by atoms with Gasteiger partial charge in [0.1, 0.15) is 11.5 Å². The highest BCUT2D eigenvalue weighted by molar-refractivity contribution is 7.79. The molecule has 0 spiro atoms. The van der Waals surface area contributed by atoms with Crippen LogP contribution in [-0.2, 0) is 6.42 Å². The Labute approximate surface area is 173 Å². The molecule has 1 aliphatic rings. The van der Waals surface area contributed by atoms with Crippen LogP contribution in [0.5, 0.6) is 0 Å². The number of rotatable bonds is 5. The van der Waals surface area contributed by atoms with Crippen molar-refractivity contribution in [1.29, 1.82) is 5.41 Å². The summed E-state index contributed by atoms with van der Waals surface area (Å²) >= 11 is 11.4. The van der Waals surface area contributed by atoms with Crippen molar-refractivity contribution in [2.24, 2.45) is 10.3 Å². The van der Waals surface area contributed by atoms with Gasteiger partial charge < -0.3 is 0 Å². The van der Waals surface area contributed by atoms with E-state index in [1.807, 2.05) is 30.3 Å². The van der Waals surface area contributed by atoms with Gasteiger partial charge in [0.2, 0.25) is 0 Å². The number of allylic oxidation sites excluding steroid dienone is 4. The van der Waals surface area contributed by atoms with Crippen molar-refractivity contribution in [3.63, 3.8) is 0 Å². The third-order valence-electron chi connectivity index (χ3n) is 4.41. The second kappa shape index (κ2) is 8.55. The van der Waals surface area contributed by atoms with Gasteiger partial charge in [-0.05, 0) is 67.5 Å². The molecule has 0 aliphatic heterocycles. The van der Waals surface area contributed by atoms with Crippen molar-refractivity contribution < 1.29 is 4.39 Å². The fourth-order valence-corrected chi connectivity index (χ4v) is 4.29. The molecule has 0 atom stereocenters. The molecule has 6 heteroatoms. The second-order valence-corrected chi connectivity index (χ2v) is 8.52. The molecule has 1 aromatic carbocycles. The Morgan fingerprint density at radius 2 is 1.93 bits per heavy atom. The predicted molar refractivity (Wildman–Crippen MR) is 119 cm³/mol. The summed E-state index contributed by atoms with van der Waals surface area (Å²) in [7, 11) is 0. The molecule has 1 aliphatic carbocycles. The molecule has 1 heterocycles. The zero-order chi connectivity index (χ0) is 19.6. The quantitative estimate of drug-likeness (QED) is 0.388. The molecule has 0 saturated carbocycles. The predicted octanol–water partition coefficient (Wildman–Crippen LogP) is 6.97. The maximum atomic E-state index is 14.7. The maximum Gasteiger partial charge on any atom is 0.132 e. The van der Waals surface area contributed by atoms with Crippen molar-refractivity contribution in [3.8, 4) is 10.4 Å². The van der Waals surface area contributed by atoms with Gasteiger partial charge in [-0.3, -0.25) is 5.41 Å². The Bertz CT molecular complexity index is 970. The largest absolute Gasteiger partial charge is 0.297 e. The number of hydrogen-bond acceptors (Lipinski definition) is 4. The topological polar surface area (TPSA) is 36.2 Å². The van der Waals surface area contributed by atoms with Crippen molar-refractivity contribution in [1.82, 2.24) is 0 Å². The van der Waals surface area contributed by atoms with Crippen LogP contribution in [-0.4, -0.2) is 11.4 Å². The van der Waals surface area contributed by atoms with E-state index < -0.39 is 0 Å². The van der Waals surface area contributed by atoms with Crippen LogP contribution in [0.25, 0.3) is 16.0 Å². The van der Waals surface area contributed by atoms with E-state index in [4.69, 9.17) is 17.0 Å². The lowest BCUT2D eigenvalue weighted by Gasteiger charge is -2.13. The molecule has 0 radical (unpaired) electrons. The molecule has 2 aromatic rings. The van der Waals surface area contributed by atoms with E-state index in [1.54, 1.807) is 12.1 Å². The molecule has 1 aromatic heterocycles. The van der Waals surface area contributed by atoms with Gasteiger partial charge in [-0.25, -0.2) is 8.79 Å². The highest BCUT2D eigenvalue weighted by Gasteiger charge is 2.22. The van der Waals surface area contributed by atoms with E-state index in [1.165, 1.54) is 11.3 Å². The lowest BCUT2D eigenvalue weighted by atomic mass is 9.99. The van der Waals surface area contributed by atoms with E-state index in [-0.39, 0.29) is 11.5 Å². The summed E-state index contributed by atoms with van der Waals surface area (Å²) in [6.07, 6.45) is 5.42. The minimum atomic E-state index is -0.207. The summed E-state index contributed by atoms with van der Waals surface area (Å²) in [4.78, 5) is 1.73. The van der Waals surface area contributed by atoms with Gasteiger partial charge in [-0.15, -0.1) is 11.3 Å². The van der Waals surface area contributed by atoms with E-state index in [0.29, 0.717) is 22.2 Å². The molecule has 0 amide bonds. The molecular weight excluding hydrogens is 399 g/mol. The van der Waals surface area contributed by atoms with Gasteiger partial charge in [0.05, 0.1) is 10.7 Å². The summed E-state index contributed by atoms with van der Waals surface area (Å²) in [6.45, 7) is 4.34. The first-order chi connectivity index (χ1) is 12.9. The van der Waals surface area contributed by atoms with Gasteiger partial charge >= 0.3 is 0 Å². The Morgan fingerprint density at radius 1 is 1.19 bits per heavy atom. The number of thiophene rings is 1. The summed E-state index contributed by atoms with van der Waals surface area (Å²) in [5.74, 6) is 0.390. The van der Waals surface area contributed by atoms with E-state index >= 15 is 0 Å². The van der Waals surface area contributed by atoms with Gasteiger partial charge in [0.15, 0.2) is 0 Å². The van der Waals surface area contributed by atoms with Crippen LogP contribution in [0.1, 0.15) is 30.7 Å². The number of hydrogen-bond donors (Lipinski definition) is 2. The highest BCUT2D eigenvalue weighted by Crippen LogP contribution is 2.36. The minimum absolute atomic E-state index is 0.139. The van der Waals surface area contributed by atoms with Crippen molar-refractivity contribution in [2.75, 3.05) is 0 Å². The normalized spacial score (nSPS) is 16.1. The molecule has 0 saturated heterocycles. The Hall–Kier alpha value is -1.69. The lowest BCUT2D eigenvalue weighted by Crippen LogP contribution is -2.17. The monoisotopic (exact) mass is 418 g/mol. The minimum Gasteiger partial charge on any atom is -0.297 e. The Morgan fingerprint density at radius 3 is 2.59 bits per heavy atom. The van der Waals surface area contributed by atoms with Crippen molar-refractivity contribution in [2.45, 2.75) is 26.7 Å². The average molecular weight is 419 g/mol. The van der Waals surface area contributed by atoms with Crippen molar-refractivity contribution >= 4 is 52.7 Å². The molecular formula is C21H20ClFN2S2. The van der Waals surface area contributed by atoms with Crippen LogP contribution in [0, 0.1) is 17.1 Å². The van der Waals surface area contributed by atoms with E-state index in [9.17, 15) is 4.39 Å². The van der Waals surface area contributed by atoms with Gasteiger partial charge in [-0.2, -0.15) is 0 Å².